The van der Waals surface area contributed by atoms with Gasteiger partial charge in [-0.1, -0.05) is 36.4 Å². The molecule has 0 saturated heterocycles. The molecule has 0 spiro atoms. The zero-order chi connectivity index (χ0) is 19.7. The SMILES string of the molecule is CN1C(=O)c2c(-c3cnc4ccccc4c3)cc3[nH]c4ccccc4c3c2C1=O. The number of hydrogen-bond acceptors (Lipinski definition) is 3. The number of amides is 2. The van der Waals surface area contributed by atoms with E-state index in [1.807, 2.05) is 60.7 Å². The number of imide groups is 1. The summed E-state index contributed by atoms with van der Waals surface area (Å²) in [5, 5.41) is 2.73. The summed E-state index contributed by atoms with van der Waals surface area (Å²) in [6, 6.07) is 19.7. The van der Waals surface area contributed by atoms with Crippen molar-refractivity contribution in [1.82, 2.24) is 14.9 Å². The third-order valence-electron chi connectivity index (χ3n) is 5.73. The molecule has 1 N–H and O–H groups in total. The van der Waals surface area contributed by atoms with Gasteiger partial charge in [0.25, 0.3) is 11.8 Å². The average Bonchev–Trinajstić information content (AvgIpc) is 3.23. The number of aromatic nitrogens is 2. The van der Waals surface area contributed by atoms with Crippen molar-refractivity contribution < 1.29 is 9.59 Å². The van der Waals surface area contributed by atoms with Crippen LogP contribution in [0.4, 0.5) is 0 Å². The molecule has 2 aromatic heterocycles. The van der Waals surface area contributed by atoms with Crippen LogP contribution in [-0.4, -0.2) is 33.7 Å². The van der Waals surface area contributed by atoms with Crippen LogP contribution in [0, 0.1) is 0 Å². The van der Waals surface area contributed by atoms with E-state index in [0.29, 0.717) is 11.1 Å². The molecule has 29 heavy (non-hydrogen) atoms. The van der Waals surface area contributed by atoms with Gasteiger partial charge in [0, 0.05) is 46.0 Å². The molecule has 3 heterocycles. The number of carbonyl (C=O) groups is 2. The number of para-hydroxylation sites is 2. The Morgan fingerprint density at radius 2 is 1.62 bits per heavy atom. The molecule has 0 aliphatic carbocycles. The van der Waals surface area contributed by atoms with Crippen LogP contribution < -0.4 is 0 Å². The number of nitrogens with zero attached hydrogens (tertiary/aromatic N) is 2. The van der Waals surface area contributed by atoms with E-state index in [1.54, 1.807) is 6.20 Å². The number of carbonyl (C=O) groups excluding carboxylic acids is 2. The molecule has 5 aromatic rings. The lowest BCUT2D eigenvalue weighted by atomic mass is 9.93. The standard InChI is InChI=1S/C24H15N3O2/c1-27-23(28)21-16(14-10-13-6-2-4-8-17(13)25-12-14)11-19-20(22(21)24(27)29)15-7-3-5-9-18(15)26-19/h2-12,26H,1H3. The number of aromatic amines is 1. The van der Waals surface area contributed by atoms with Gasteiger partial charge in [-0.2, -0.15) is 0 Å². The van der Waals surface area contributed by atoms with Gasteiger partial charge in [0.05, 0.1) is 16.6 Å². The second kappa shape index (κ2) is 5.52. The Morgan fingerprint density at radius 3 is 2.52 bits per heavy atom. The molecule has 5 heteroatoms. The van der Waals surface area contributed by atoms with Crippen LogP contribution in [0.25, 0.3) is 43.8 Å². The van der Waals surface area contributed by atoms with E-state index >= 15 is 0 Å². The van der Waals surface area contributed by atoms with Crippen LogP contribution in [0.5, 0.6) is 0 Å². The minimum Gasteiger partial charge on any atom is -0.354 e. The molecule has 1 aliphatic heterocycles. The Hall–Kier alpha value is -3.99. The fraction of sp³-hybridized carbons (Fsp3) is 0.0417. The van der Waals surface area contributed by atoms with Gasteiger partial charge in [-0.15, -0.1) is 0 Å². The molecule has 138 valence electrons. The molecule has 6 rings (SSSR count). The van der Waals surface area contributed by atoms with Gasteiger partial charge in [0.1, 0.15) is 0 Å². The highest BCUT2D eigenvalue weighted by molar-refractivity contribution is 6.32. The largest absolute Gasteiger partial charge is 0.354 e. The Balaban J connectivity index is 1.76. The molecular formula is C24H15N3O2. The average molecular weight is 377 g/mol. The monoisotopic (exact) mass is 377 g/mol. The second-order valence-electron chi connectivity index (χ2n) is 7.35. The Labute approximate surface area is 165 Å². The van der Waals surface area contributed by atoms with Gasteiger partial charge in [-0.3, -0.25) is 19.5 Å². The topological polar surface area (TPSA) is 66.1 Å². The van der Waals surface area contributed by atoms with E-state index in [2.05, 4.69) is 9.97 Å². The molecule has 5 nitrogen and oxygen atoms in total. The molecule has 0 fully saturated rings. The Kier molecular flexibility index (Phi) is 3.04. The number of hydrogen-bond donors (Lipinski definition) is 1. The maximum Gasteiger partial charge on any atom is 0.262 e. The first kappa shape index (κ1) is 16.0. The zero-order valence-electron chi connectivity index (χ0n) is 15.6. The van der Waals surface area contributed by atoms with Gasteiger partial charge >= 0.3 is 0 Å². The van der Waals surface area contributed by atoms with Crippen LogP contribution in [0.3, 0.4) is 0 Å². The first-order valence-corrected chi connectivity index (χ1v) is 9.38. The van der Waals surface area contributed by atoms with E-state index in [4.69, 9.17) is 0 Å². The lowest BCUT2D eigenvalue weighted by Gasteiger charge is -2.09. The molecule has 0 atom stereocenters. The summed E-state index contributed by atoms with van der Waals surface area (Å²) in [6.07, 6.45) is 1.77. The third-order valence-corrected chi connectivity index (χ3v) is 5.73. The van der Waals surface area contributed by atoms with Crippen molar-refractivity contribution in [2.45, 2.75) is 0 Å². The van der Waals surface area contributed by atoms with E-state index in [9.17, 15) is 9.59 Å². The summed E-state index contributed by atoms with van der Waals surface area (Å²) in [4.78, 5) is 35.2. The van der Waals surface area contributed by atoms with Crippen LogP contribution >= 0.6 is 0 Å². The normalized spacial score (nSPS) is 13.8. The second-order valence-corrected chi connectivity index (χ2v) is 7.35. The van der Waals surface area contributed by atoms with Gasteiger partial charge in [-0.25, -0.2) is 0 Å². The summed E-state index contributed by atoms with van der Waals surface area (Å²) in [7, 11) is 1.54. The highest BCUT2D eigenvalue weighted by Crippen LogP contribution is 2.40. The molecule has 0 bridgehead atoms. The maximum atomic E-state index is 13.0. The summed E-state index contributed by atoms with van der Waals surface area (Å²) >= 11 is 0. The molecule has 2 amide bonds. The fourth-order valence-electron chi connectivity index (χ4n) is 4.33. The van der Waals surface area contributed by atoms with Crippen molar-refractivity contribution in [3.63, 3.8) is 0 Å². The van der Waals surface area contributed by atoms with Gasteiger partial charge < -0.3 is 4.98 Å². The Morgan fingerprint density at radius 1 is 0.862 bits per heavy atom. The molecular weight excluding hydrogens is 362 g/mol. The molecule has 0 saturated carbocycles. The lowest BCUT2D eigenvalue weighted by molar-refractivity contribution is 0.0694. The van der Waals surface area contributed by atoms with Crippen molar-refractivity contribution in [3.8, 4) is 11.1 Å². The van der Waals surface area contributed by atoms with E-state index in [0.717, 1.165) is 43.8 Å². The first-order valence-electron chi connectivity index (χ1n) is 9.38. The van der Waals surface area contributed by atoms with Gasteiger partial charge in [0.15, 0.2) is 0 Å². The number of pyridine rings is 1. The van der Waals surface area contributed by atoms with Crippen molar-refractivity contribution in [2.24, 2.45) is 0 Å². The highest BCUT2D eigenvalue weighted by atomic mass is 16.2. The highest BCUT2D eigenvalue weighted by Gasteiger charge is 2.38. The van der Waals surface area contributed by atoms with Crippen LogP contribution in [0.1, 0.15) is 20.7 Å². The maximum absolute atomic E-state index is 13.0. The zero-order valence-corrected chi connectivity index (χ0v) is 15.6. The molecule has 1 aliphatic rings. The van der Waals surface area contributed by atoms with E-state index in [-0.39, 0.29) is 11.8 Å². The van der Waals surface area contributed by atoms with Crippen molar-refractivity contribution in [3.05, 3.63) is 78.0 Å². The number of nitrogens with one attached hydrogen (secondary N) is 1. The summed E-state index contributed by atoms with van der Waals surface area (Å²) < 4.78 is 0. The summed E-state index contributed by atoms with van der Waals surface area (Å²) in [6.45, 7) is 0. The molecule has 0 unspecified atom stereocenters. The van der Waals surface area contributed by atoms with Crippen LogP contribution in [0.15, 0.2) is 66.9 Å². The van der Waals surface area contributed by atoms with Gasteiger partial charge in [0.2, 0.25) is 0 Å². The van der Waals surface area contributed by atoms with Crippen molar-refractivity contribution >= 4 is 44.5 Å². The third kappa shape index (κ3) is 2.07. The quantitative estimate of drug-likeness (QED) is 0.428. The van der Waals surface area contributed by atoms with Crippen LogP contribution in [0.2, 0.25) is 0 Å². The Bertz CT molecular complexity index is 1510. The predicted molar refractivity (Wildman–Crippen MR) is 113 cm³/mol. The lowest BCUT2D eigenvalue weighted by Crippen LogP contribution is -2.24. The minimum absolute atomic E-state index is 0.268. The summed E-state index contributed by atoms with van der Waals surface area (Å²) in [5.74, 6) is -0.546. The first-order chi connectivity index (χ1) is 14.1. The molecule has 3 aromatic carbocycles. The number of rotatable bonds is 1. The van der Waals surface area contributed by atoms with E-state index in [1.165, 1.54) is 11.9 Å². The van der Waals surface area contributed by atoms with E-state index < -0.39 is 0 Å². The van der Waals surface area contributed by atoms with Crippen molar-refractivity contribution in [1.29, 1.82) is 0 Å². The smallest absolute Gasteiger partial charge is 0.262 e. The number of H-pyrrole nitrogens is 1. The predicted octanol–water partition coefficient (Wildman–Crippen LogP) is 4.76. The minimum atomic E-state index is -0.277. The fourth-order valence-corrected chi connectivity index (χ4v) is 4.33. The van der Waals surface area contributed by atoms with Crippen molar-refractivity contribution in [2.75, 3.05) is 7.05 Å². The molecule has 0 radical (unpaired) electrons. The summed E-state index contributed by atoms with van der Waals surface area (Å²) in [5.41, 5.74) is 5.12. The van der Waals surface area contributed by atoms with Gasteiger partial charge in [-0.05, 0) is 29.8 Å². The number of fused-ring (bicyclic) bond motifs is 6. The number of benzene rings is 3. The van der Waals surface area contributed by atoms with Crippen LogP contribution in [-0.2, 0) is 0 Å².